The Balaban J connectivity index is 1.52. The molecule has 1 aliphatic heterocycles. The number of amides is 1. The van der Waals surface area contributed by atoms with Crippen LogP contribution in [0.5, 0.6) is 11.5 Å². The lowest BCUT2D eigenvalue weighted by molar-refractivity contribution is 0.0173. The lowest BCUT2D eigenvalue weighted by atomic mass is 10.0. The Kier molecular flexibility index (Phi) is 7.08. The summed E-state index contributed by atoms with van der Waals surface area (Å²) in [5.41, 5.74) is 0.810. The van der Waals surface area contributed by atoms with E-state index in [1.807, 2.05) is 75.4 Å². The van der Waals surface area contributed by atoms with Crippen molar-refractivity contribution in [3.05, 3.63) is 82.5 Å². The lowest BCUT2D eigenvalue weighted by Gasteiger charge is -2.35. The first-order valence-electron chi connectivity index (χ1n) is 12.6. The maximum atomic E-state index is 14.0. The molecule has 38 heavy (non-hydrogen) atoms. The first kappa shape index (κ1) is 25.7. The molecule has 2 aromatic heterocycles. The Morgan fingerprint density at radius 3 is 2.45 bits per heavy atom. The van der Waals surface area contributed by atoms with Crippen molar-refractivity contribution < 1.29 is 14.3 Å². The van der Waals surface area contributed by atoms with Crippen LogP contribution in [-0.2, 0) is 4.74 Å². The number of likely N-dealkylation sites (tertiary alicyclic amines) is 1. The van der Waals surface area contributed by atoms with E-state index >= 15 is 0 Å². The van der Waals surface area contributed by atoms with Gasteiger partial charge in [0.15, 0.2) is 0 Å². The quantitative estimate of drug-likeness (QED) is 0.280. The van der Waals surface area contributed by atoms with E-state index in [1.54, 1.807) is 15.5 Å². The summed E-state index contributed by atoms with van der Waals surface area (Å²) in [5.74, 6) is 1.38. The standard InChI is InChI=1S/C29H29ClN4O4/c1-29(2,3)38-28(36)33-15-7-8-20(17-33)34-26-24(25(30)31-18-32-26)16-23(27(34)35)19-11-13-22(14-12-19)37-21-9-5-4-6-10-21/h4-6,9-14,16,18,20H,7-8,15,17H2,1-3H3/t20-/m1/s1. The summed E-state index contributed by atoms with van der Waals surface area (Å²) in [4.78, 5) is 37.0. The Labute approximate surface area is 225 Å². The van der Waals surface area contributed by atoms with Gasteiger partial charge in [-0.2, -0.15) is 0 Å². The van der Waals surface area contributed by atoms with Gasteiger partial charge in [0.25, 0.3) is 5.56 Å². The van der Waals surface area contributed by atoms with Crippen LogP contribution in [0.3, 0.4) is 0 Å². The number of nitrogens with zero attached hydrogens (tertiary/aromatic N) is 4. The Morgan fingerprint density at radius 1 is 1.03 bits per heavy atom. The van der Waals surface area contributed by atoms with Gasteiger partial charge in [-0.1, -0.05) is 41.9 Å². The number of hydrogen-bond acceptors (Lipinski definition) is 6. The number of carbonyl (C=O) groups excluding carboxylic acids is 1. The molecule has 1 amide bonds. The third-order valence-corrected chi connectivity index (χ3v) is 6.64. The Hall–Kier alpha value is -3.91. The van der Waals surface area contributed by atoms with Crippen LogP contribution in [0, 0.1) is 0 Å². The van der Waals surface area contributed by atoms with Gasteiger partial charge in [0, 0.05) is 18.7 Å². The second kappa shape index (κ2) is 10.5. The number of halogens is 1. The minimum absolute atomic E-state index is 0.208. The van der Waals surface area contributed by atoms with Gasteiger partial charge in [0.05, 0.1) is 11.4 Å². The topological polar surface area (TPSA) is 86.5 Å². The second-order valence-electron chi connectivity index (χ2n) is 10.3. The van der Waals surface area contributed by atoms with Gasteiger partial charge in [0.1, 0.15) is 34.2 Å². The first-order valence-corrected chi connectivity index (χ1v) is 12.9. The molecule has 4 aromatic rings. The third kappa shape index (κ3) is 5.50. The van der Waals surface area contributed by atoms with Crippen LogP contribution in [0.4, 0.5) is 4.79 Å². The molecule has 0 unspecified atom stereocenters. The average molecular weight is 533 g/mol. The van der Waals surface area contributed by atoms with E-state index in [0.29, 0.717) is 47.4 Å². The highest BCUT2D eigenvalue weighted by molar-refractivity contribution is 6.34. The molecule has 8 nitrogen and oxygen atoms in total. The maximum absolute atomic E-state index is 14.0. The van der Waals surface area contributed by atoms with E-state index in [0.717, 1.165) is 12.2 Å². The number of para-hydroxylation sites is 1. The summed E-state index contributed by atoms with van der Waals surface area (Å²) in [5, 5.41) is 0.830. The zero-order valence-electron chi connectivity index (χ0n) is 21.6. The number of carbonyl (C=O) groups is 1. The number of aromatic nitrogens is 3. The van der Waals surface area contributed by atoms with Gasteiger partial charge in [-0.25, -0.2) is 14.8 Å². The summed E-state index contributed by atoms with van der Waals surface area (Å²) in [6, 6.07) is 18.3. The van der Waals surface area contributed by atoms with Crippen molar-refractivity contribution in [2.45, 2.75) is 45.3 Å². The zero-order chi connectivity index (χ0) is 26.9. The molecule has 0 N–H and O–H groups in total. The number of pyridine rings is 1. The van der Waals surface area contributed by atoms with Gasteiger partial charge in [-0.3, -0.25) is 9.36 Å². The first-order chi connectivity index (χ1) is 18.2. The van der Waals surface area contributed by atoms with Crippen LogP contribution in [0.1, 0.15) is 39.7 Å². The molecule has 0 aliphatic carbocycles. The molecule has 1 fully saturated rings. The van der Waals surface area contributed by atoms with E-state index < -0.39 is 11.7 Å². The summed E-state index contributed by atoms with van der Waals surface area (Å²) >= 11 is 6.48. The summed E-state index contributed by atoms with van der Waals surface area (Å²) in [7, 11) is 0. The van der Waals surface area contributed by atoms with E-state index in [1.165, 1.54) is 6.33 Å². The van der Waals surface area contributed by atoms with Crippen molar-refractivity contribution in [1.29, 1.82) is 0 Å². The largest absolute Gasteiger partial charge is 0.457 e. The van der Waals surface area contributed by atoms with Crippen molar-refractivity contribution in [2.75, 3.05) is 13.1 Å². The molecule has 0 spiro atoms. The molecule has 3 heterocycles. The van der Waals surface area contributed by atoms with E-state index in [2.05, 4.69) is 9.97 Å². The average Bonchev–Trinajstić information content (AvgIpc) is 2.89. The maximum Gasteiger partial charge on any atom is 0.410 e. The van der Waals surface area contributed by atoms with Gasteiger partial charge >= 0.3 is 6.09 Å². The van der Waals surface area contributed by atoms with Crippen LogP contribution in [0.25, 0.3) is 22.2 Å². The SMILES string of the molecule is CC(C)(C)OC(=O)N1CCC[C@@H](n2c(=O)c(-c3ccc(Oc4ccccc4)cc3)cc3c(Cl)ncnc32)C1. The molecule has 0 saturated carbocycles. The van der Waals surface area contributed by atoms with E-state index in [9.17, 15) is 9.59 Å². The third-order valence-electron chi connectivity index (χ3n) is 6.34. The van der Waals surface area contributed by atoms with Gasteiger partial charge in [-0.05, 0) is 69.5 Å². The molecule has 1 atom stereocenters. The molecule has 0 bridgehead atoms. The number of benzene rings is 2. The number of hydrogen-bond donors (Lipinski definition) is 0. The van der Waals surface area contributed by atoms with Crippen molar-refractivity contribution in [3.8, 4) is 22.6 Å². The zero-order valence-corrected chi connectivity index (χ0v) is 22.3. The number of piperidine rings is 1. The van der Waals surface area contributed by atoms with Crippen LogP contribution in [-0.4, -0.2) is 44.2 Å². The van der Waals surface area contributed by atoms with Crippen LogP contribution >= 0.6 is 11.6 Å². The van der Waals surface area contributed by atoms with Crippen molar-refractivity contribution >= 4 is 28.7 Å². The highest BCUT2D eigenvalue weighted by atomic mass is 35.5. The van der Waals surface area contributed by atoms with Crippen LogP contribution in [0.2, 0.25) is 5.15 Å². The fraction of sp³-hybridized carbons (Fsp3) is 0.310. The molecule has 9 heteroatoms. The predicted molar refractivity (Wildman–Crippen MR) is 147 cm³/mol. The minimum Gasteiger partial charge on any atom is -0.457 e. The lowest BCUT2D eigenvalue weighted by Crippen LogP contribution is -2.45. The summed E-state index contributed by atoms with van der Waals surface area (Å²) in [6.07, 6.45) is 2.40. The number of rotatable bonds is 4. The number of ether oxygens (including phenoxy) is 2. The van der Waals surface area contributed by atoms with E-state index in [-0.39, 0.29) is 16.8 Å². The number of fused-ring (bicyclic) bond motifs is 1. The molecule has 5 rings (SSSR count). The van der Waals surface area contributed by atoms with Crippen molar-refractivity contribution in [2.24, 2.45) is 0 Å². The molecule has 0 radical (unpaired) electrons. The minimum atomic E-state index is -0.607. The molecule has 1 saturated heterocycles. The Bertz CT molecular complexity index is 1510. The van der Waals surface area contributed by atoms with Gasteiger partial charge < -0.3 is 14.4 Å². The summed E-state index contributed by atoms with van der Waals surface area (Å²) < 4.78 is 13.1. The van der Waals surface area contributed by atoms with E-state index in [4.69, 9.17) is 21.1 Å². The fourth-order valence-corrected chi connectivity index (χ4v) is 4.83. The summed E-state index contributed by atoms with van der Waals surface area (Å²) in [6.45, 7) is 6.41. The Morgan fingerprint density at radius 2 is 1.74 bits per heavy atom. The van der Waals surface area contributed by atoms with Crippen LogP contribution in [0.15, 0.2) is 71.8 Å². The molecular weight excluding hydrogens is 504 g/mol. The smallest absolute Gasteiger partial charge is 0.410 e. The van der Waals surface area contributed by atoms with Crippen molar-refractivity contribution in [3.63, 3.8) is 0 Å². The second-order valence-corrected chi connectivity index (χ2v) is 10.7. The molecular formula is C29H29ClN4O4. The van der Waals surface area contributed by atoms with Gasteiger partial charge in [0.2, 0.25) is 0 Å². The normalized spacial score (nSPS) is 15.9. The molecule has 1 aliphatic rings. The highest BCUT2D eigenvalue weighted by Gasteiger charge is 2.30. The van der Waals surface area contributed by atoms with Crippen molar-refractivity contribution in [1.82, 2.24) is 19.4 Å². The highest BCUT2D eigenvalue weighted by Crippen LogP contribution is 2.31. The fourth-order valence-electron chi connectivity index (χ4n) is 4.64. The monoisotopic (exact) mass is 532 g/mol. The predicted octanol–water partition coefficient (Wildman–Crippen LogP) is 6.48. The van der Waals surface area contributed by atoms with Gasteiger partial charge in [-0.15, -0.1) is 0 Å². The van der Waals surface area contributed by atoms with Crippen LogP contribution < -0.4 is 10.3 Å². The molecule has 2 aromatic carbocycles. The molecule has 196 valence electrons.